The monoisotopic (exact) mass is 197 g/mol. The minimum Gasteiger partial charge on any atom is -0.313 e. The Hall–Kier alpha value is -0.120. The van der Waals surface area contributed by atoms with Gasteiger partial charge in [0.2, 0.25) is 0 Å². The third-order valence-electron chi connectivity index (χ3n) is 3.79. The molecule has 0 spiro atoms. The molecule has 3 atom stereocenters. The second kappa shape index (κ2) is 4.17. The van der Waals surface area contributed by atoms with E-state index in [9.17, 15) is 0 Å². The Labute approximate surface area is 87.4 Å². The Morgan fingerprint density at radius 1 is 1.21 bits per heavy atom. The van der Waals surface area contributed by atoms with Crippen LogP contribution in [0.1, 0.15) is 20.3 Å². The van der Waals surface area contributed by atoms with Gasteiger partial charge in [0.25, 0.3) is 0 Å². The lowest BCUT2D eigenvalue weighted by Crippen LogP contribution is -2.56. The zero-order valence-corrected chi connectivity index (χ0v) is 9.66. The fourth-order valence-corrected chi connectivity index (χ4v) is 2.94. The van der Waals surface area contributed by atoms with Gasteiger partial charge in [0.05, 0.1) is 0 Å². The van der Waals surface area contributed by atoms with Crippen LogP contribution in [0.3, 0.4) is 0 Å². The van der Waals surface area contributed by atoms with Gasteiger partial charge in [0, 0.05) is 37.8 Å². The summed E-state index contributed by atoms with van der Waals surface area (Å²) in [4.78, 5) is 5.14. The zero-order chi connectivity index (χ0) is 10.1. The van der Waals surface area contributed by atoms with Crippen LogP contribution in [0.2, 0.25) is 0 Å². The molecule has 0 aromatic carbocycles. The van der Waals surface area contributed by atoms with Crippen molar-refractivity contribution in [1.82, 2.24) is 15.1 Å². The Bertz CT molecular complexity index is 195. The maximum atomic E-state index is 3.54. The van der Waals surface area contributed by atoms with E-state index in [0.29, 0.717) is 6.04 Å². The van der Waals surface area contributed by atoms with Crippen LogP contribution in [0, 0.1) is 0 Å². The van der Waals surface area contributed by atoms with Crippen LogP contribution in [0.5, 0.6) is 0 Å². The third-order valence-corrected chi connectivity index (χ3v) is 3.79. The van der Waals surface area contributed by atoms with Gasteiger partial charge >= 0.3 is 0 Å². The highest BCUT2D eigenvalue weighted by Gasteiger charge is 2.33. The van der Waals surface area contributed by atoms with Crippen molar-refractivity contribution in [3.63, 3.8) is 0 Å². The molecular weight excluding hydrogens is 174 g/mol. The molecule has 2 rings (SSSR count). The average molecular weight is 197 g/mol. The van der Waals surface area contributed by atoms with Crippen LogP contribution in [0.4, 0.5) is 0 Å². The lowest BCUT2D eigenvalue weighted by Gasteiger charge is -2.42. The predicted octanol–water partition coefficient (Wildman–Crippen LogP) is 0.373. The summed E-state index contributed by atoms with van der Waals surface area (Å²) < 4.78 is 0. The highest BCUT2D eigenvalue weighted by atomic mass is 15.3. The van der Waals surface area contributed by atoms with Gasteiger partial charge in [-0.15, -0.1) is 0 Å². The molecule has 3 heteroatoms. The lowest BCUT2D eigenvalue weighted by molar-refractivity contribution is 0.0580. The van der Waals surface area contributed by atoms with Crippen LogP contribution in [0.25, 0.3) is 0 Å². The van der Waals surface area contributed by atoms with Crippen molar-refractivity contribution in [2.75, 3.05) is 33.2 Å². The summed E-state index contributed by atoms with van der Waals surface area (Å²) >= 11 is 0. The largest absolute Gasteiger partial charge is 0.313 e. The number of rotatable bonds is 1. The van der Waals surface area contributed by atoms with Crippen molar-refractivity contribution in [3.05, 3.63) is 0 Å². The zero-order valence-electron chi connectivity index (χ0n) is 9.66. The Morgan fingerprint density at radius 3 is 2.57 bits per heavy atom. The van der Waals surface area contributed by atoms with Crippen molar-refractivity contribution in [2.45, 2.75) is 38.4 Å². The van der Waals surface area contributed by atoms with Crippen LogP contribution in [0.15, 0.2) is 0 Å². The summed E-state index contributed by atoms with van der Waals surface area (Å²) in [5, 5.41) is 3.54. The summed E-state index contributed by atoms with van der Waals surface area (Å²) in [5.41, 5.74) is 0. The second-order valence-electron chi connectivity index (χ2n) is 4.95. The molecule has 0 aromatic rings. The van der Waals surface area contributed by atoms with Crippen LogP contribution in [-0.4, -0.2) is 61.2 Å². The molecular formula is C11H23N3. The SMILES string of the molecule is CC1NCCC1N1CCN(C)CC1C. The molecule has 2 saturated heterocycles. The van der Waals surface area contributed by atoms with Crippen molar-refractivity contribution in [3.8, 4) is 0 Å². The first kappa shape index (κ1) is 10.4. The Balaban J connectivity index is 1.96. The molecule has 3 nitrogen and oxygen atoms in total. The van der Waals surface area contributed by atoms with Gasteiger partial charge in [-0.1, -0.05) is 0 Å². The molecule has 1 N–H and O–H groups in total. The van der Waals surface area contributed by atoms with E-state index in [2.05, 4.69) is 36.0 Å². The Morgan fingerprint density at radius 2 is 2.00 bits per heavy atom. The molecule has 0 aromatic heterocycles. The number of nitrogens with zero attached hydrogens (tertiary/aromatic N) is 2. The molecule has 14 heavy (non-hydrogen) atoms. The maximum Gasteiger partial charge on any atom is 0.0262 e. The van der Waals surface area contributed by atoms with Crippen molar-refractivity contribution < 1.29 is 0 Å². The van der Waals surface area contributed by atoms with Crippen LogP contribution < -0.4 is 5.32 Å². The average Bonchev–Trinajstić information content (AvgIpc) is 2.52. The quantitative estimate of drug-likeness (QED) is 0.655. The molecule has 0 saturated carbocycles. The van der Waals surface area contributed by atoms with Gasteiger partial charge in [-0.2, -0.15) is 0 Å². The number of piperazine rings is 1. The van der Waals surface area contributed by atoms with E-state index < -0.39 is 0 Å². The summed E-state index contributed by atoms with van der Waals surface area (Å²) in [5.74, 6) is 0. The van der Waals surface area contributed by atoms with E-state index in [4.69, 9.17) is 0 Å². The first-order valence-corrected chi connectivity index (χ1v) is 5.86. The van der Waals surface area contributed by atoms with Gasteiger partial charge in [-0.3, -0.25) is 4.90 Å². The number of hydrogen-bond acceptors (Lipinski definition) is 3. The van der Waals surface area contributed by atoms with E-state index in [0.717, 1.165) is 12.1 Å². The van der Waals surface area contributed by atoms with E-state index >= 15 is 0 Å². The molecule has 0 radical (unpaired) electrons. The highest BCUT2D eigenvalue weighted by Crippen LogP contribution is 2.20. The fraction of sp³-hybridized carbons (Fsp3) is 1.00. The normalized spacial score (nSPS) is 41.8. The minimum atomic E-state index is 0.681. The van der Waals surface area contributed by atoms with E-state index in [1.807, 2.05) is 0 Å². The fourth-order valence-electron chi connectivity index (χ4n) is 2.94. The minimum absolute atomic E-state index is 0.681. The predicted molar refractivity (Wildman–Crippen MR) is 59.5 cm³/mol. The third kappa shape index (κ3) is 1.95. The topological polar surface area (TPSA) is 18.5 Å². The first-order chi connectivity index (χ1) is 6.68. The second-order valence-corrected chi connectivity index (χ2v) is 4.95. The van der Waals surface area contributed by atoms with Crippen molar-refractivity contribution >= 4 is 0 Å². The van der Waals surface area contributed by atoms with Gasteiger partial charge in [-0.25, -0.2) is 0 Å². The van der Waals surface area contributed by atoms with E-state index in [-0.39, 0.29) is 0 Å². The van der Waals surface area contributed by atoms with Crippen LogP contribution in [-0.2, 0) is 0 Å². The molecule has 2 aliphatic heterocycles. The molecule has 82 valence electrons. The standard InChI is InChI=1S/C11H23N3/c1-9-8-13(3)6-7-14(9)11-4-5-12-10(11)2/h9-12H,4-8H2,1-3H3. The Kier molecular flexibility index (Phi) is 3.10. The lowest BCUT2D eigenvalue weighted by atomic mass is 10.0. The molecule has 0 amide bonds. The summed E-state index contributed by atoms with van der Waals surface area (Å²) in [6.07, 6.45) is 1.33. The summed E-state index contributed by atoms with van der Waals surface area (Å²) in [6, 6.07) is 2.18. The van der Waals surface area contributed by atoms with Crippen LogP contribution >= 0.6 is 0 Å². The maximum absolute atomic E-state index is 3.54. The molecule has 0 bridgehead atoms. The van der Waals surface area contributed by atoms with Gasteiger partial charge < -0.3 is 10.2 Å². The summed E-state index contributed by atoms with van der Waals surface area (Å²) in [6.45, 7) is 9.58. The number of likely N-dealkylation sites (N-methyl/N-ethyl adjacent to an activating group) is 1. The molecule has 3 unspecified atom stereocenters. The number of nitrogens with one attached hydrogen (secondary N) is 1. The van der Waals surface area contributed by atoms with Crippen molar-refractivity contribution in [2.24, 2.45) is 0 Å². The van der Waals surface area contributed by atoms with Gasteiger partial charge in [-0.05, 0) is 33.9 Å². The van der Waals surface area contributed by atoms with Crippen molar-refractivity contribution in [1.29, 1.82) is 0 Å². The van der Waals surface area contributed by atoms with E-state index in [1.165, 1.54) is 32.6 Å². The first-order valence-electron chi connectivity index (χ1n) is 5.86. The molecule has 2 heterocycles. The molecule has 2 fully saturated rings. The summed E-state index contributed by atoms with van der Waals surface area (Å²) in [7, 11) is 2.23. The van der Waals surface area contributed by atoms with Gasteiger partial charge in [0.1, 0.15) is 0 Å². The smallest absolute Gasteiger partial charge is 0.0262 e. The molecule has 2 aliphatic rings. The highest BCUT2D eigenvalue weighted by molar-refractivity contribution is 4.92. The van der Waals surface area contributed by atoms with Gasteiger partial charge in [0.15, 0.2) is 0 Å². The molecule has 0 aliphatic carbocycles. The van der Waals surface area contributed by atoms with E-state index in [1.54, 1.807) is 0 Å². The number of hydrogen-bond donors (Lipinski definition) is 1.